The molecule has 0 aromatic rings. The van der Waals surface area contributed by atoms with Gasteiger partial charge in [-0.2, -0.15) is 0 Å². The van der Waals surface area contributed by atoms with Crippen molar-refractivity contribution < 1.29 is 24.5 Å². The molecular formula is C6H8O5. The first-order chi connectivity index (χ1) is 5.06. The maximum Gasteiger partial charge on any atom is 0.346 e. The predicted octanol–water partition coefficient (Wildman–Crippen LogP) is -1.62. The van der Waals surface area contributed by atoms with Gasteiger partial charge in [-0.15, -0.1) is 0 Å². The van der Waals surface area contributed by atoms with E-state index in [1.54, 1.807) is 0 Å². The van der Waals surface area contributed by atoms with Crippen molar-refractivity contribution in [1.82, 2.24) is 0 Å². The molecule has 2 aliphatic rings. The molecule has 2 aliphatic heterocycles. The van der Waals surface area contributed by atoms with E-state index in [-0.39, 0.29) is 0 Å². The molecule has 0 aliphatic carbocycles. The molecule has 5 heteroatoms. The molecule has 4 unspecified atom stereocenters. The number of carbonyl (C=O) groups excluding carboxylic acids is 1. The molecule has 0 radical (unpaired) electrons. The molecule has 2 saturated heterocycles. The fraction of sp³-hybridized carbons (Fsp3) is 0.833. The van der Waals surface area contributed by atoms with Crippen molar-refractivity contribution in [3.63, 3.8) is 0 Å². The van der Waals surface area contributed by atoms with Gasteiger partial charge in [-0.3, -0.25) is 0 Å². The second-order valence-electron chi connectivity index (χ2n) is 2.82. The topological polar surface area (TPSA) is 76.0 Å². The van der Waals surface area contributed by atoms with Crippen LogP contribution in [0.2, 0.25) is 0 Å². The Bertz CT molecular complexity index is 215. The summed E-state index contributed by atoms with van der Waals surface area (Å²) >= 11 is 0. The zero-order valence-corrected chi connectivity index (χ0v) is 5.85. The second kappa shape index (κ2) is 1.74. The number of hydrogen-bond donors (Lipinski definition) is 2. The van der Waals surface area contributed by atoms with Gasteiger partial charge in [0, 0.05) is 0 Å². The summed E-state index contributed by atoms with van der Waals surface area (Å²) in [5.41, 5.74) is -1.84. The average Bonchev–Trinajstić information content (AvgIpc) is 2.25. The molecule has 2 fully saturated rings. The molecular weight excluding hydrogens is 152 g/mol. The minimum Gasteiger partial charge on any atom is -0.430 e. The van der Waals surface area contributed by atoms with Crippen molar-refractivity contribution in [3.8, 4) is 0 Å². The number of fused-ring (bicyclic) bond motifs is 2. The molecule has 2 heterocycles. The third kappa shape index (κ3) is 0.586. The Morgan fingerprint density at radius 1 is 1.64 bits per heavy atom. The summed E-state index contributed by atoms with van der Waals surface area (Å²) in [6.07, 6.45) is -2.92. The van der Waals surface area contributed by atoms with Crippen LogP contribution < -0.4 is 0 Å². The Hall–Kier alpha value is -0.650. The van der Waals surface area contributed by atoms with Crippen LogP contribution in [0.3, 0.4) is 0 Å². The zero-order valence-electron chi connectivity index (χ0n) is 5.85. The van der Waals surface area contributed by atoms with Gasteiger partial charge in [0.15, 0.2) is 6.10 Å². The molecule has 0 spiro atoms. The van der Waals surface area contributed by atoms with E-state index >= 15 is 0 Å². The van der Waals surface area contributed by atoms with E-state index in [2.05, 4.69) is 4.74 Å². The number of carbonyl (C=O) groups is 1. The van der Waals surface area contributed by atoms with Gasteiger partial charge in [0.1, 0.15) is 6.10 Å². The maximum absolute atomic E-state index is 10.9. The summed E-state index contributed by atoms with van der Waals surface area (Å²) in [6.45, 7) is 1.52. The van der Waals surface area contributed by atoms with Gasteiger partial charge in [-0.25, -0.2) is 4.79 Å². The van der Waals surface area contributed by atoms with E-state index < -0.39 is 30.1 Å². The van der Waals surface area contributed by atoms with E-state index in [4.69, 9.17) is 4.74 Å². The van der Waals surface area contributed by atoms with E-state index in [1.165, 1.54) is 6.92 Å². The molecule has 2 bridgehead atoms. The lowest BCUT2D eigenvalue weighted by Crippen LogP contribution is -2.50. The molecule has 4 atom stereocenters. The van der Waals surface area contributed by atoms with Crippen LogP contribution in [0.1, 0.15) is 6.92 Å². The van der Waals surface area contributed by atoms with Crippen LogP contribution in [0.4, 0.5) is 0 Å². The largest absolute Gasteiger partial charge is 0.430 e. The van der Waals surface area contributed by atoms with Crippen molar-refractivity contribution in [2.75, 3.05) is 0 Å². The molecule has 0 amide bonds. The van der Waals surface area contributed by atoms with Gasteiger partial charge in [0.05, 0.1) is 0 Å². The monoisotopic (exact) mass is 160 g/mol. The SMILES string of the molecule is CC1OC2OC(=O)C1(O)C2O. The van der Waals surface area contributed by atoms with Gasteiger partial charge in [0.25, 0.3) is 0 Å². The van der Waals surface area contributed by atoms with Crippen LogP contribution in [0.25, 0.3) is 0 Å². The third-order valence-electron chi connectivity index (χ3n) is 2.22. The standard InChI is InChI=1S/C6H8O5/c1-2-6(9)3(7)4(10-2)11-5(6)8/h2-4,7,9H,1H3. The van der Waals surface area contributed by atoms with Crippen molar-refractivity contribution in [1.29, 1.82) is 0 Å². The van der Waals surface area contributed by atoms with Gasteiger partial charge >= 0.3 is 5.97 Å². The summed E-state index contributed by atoms with van der Waals surface area (Å²) in [4.78, 5) is 10.9. The molecule has 0 saturated carbocycles. The van der Waals surface area contributed by atoms with Crippen LogP contribution in [-0.4, -0.2) is 40.3 Å². The Labute approximate surface area is 62.5 Å². The van der Waals surface area contributed by atoms with Gasteiger partial charge in [-0.05, 0) is 6.92 Å². The number of esters is 1. The first-order valence-electron chi connectivity index (χ1n) is 3.34. The summed E-state index contributed by atoms with van der Waals surface area (Å²) in [5.74, 6) is -0.797. The summed E-state index contributed by atoms with van der Waals surface area (Å²) in [7, 11) is 0. The first-order valence-corrected chi connectivity index (χ1v) is 3.34. The molecule has 62 valence electrons. The average molecular weight is 160 g/mol. The third-order valence-corrected chi connectivity index (χ3v) is 2.22. The second-order valence-corrected chi connectivity index (χ2v) is 2.82. The highest BCUT2D eigenvalue weighted by Gasteiger charge is 2.67. The Morgan fingerprint density at radius 3 is 2.55 bits per heavy atom. The van der Waals surface area contributed by atoms with Crippen LogP contribution >= 0.6 is 0 Å². The number of ether oxygens (including phenoxy) is 2. The van der Waals surface area contributed by atoms with Crippen LogP contribution in [0.5, 0.6) is 0 Å². The molecule has 2 N–H and O–H groups in total. The van der Waals surface area contributed by atoms with Crippen molar-refractivity contribution in [2.24, 2.45) is 0 Å². The molecule has 11 heavy (non-hydrogen) atoms. The molecule has 0 aromatic carbocycles. The lowest BCUT2D eigenvalue weighted by molar-refractivity contribution is -0.204. The maximum atomic E-state index is 10.9. The number of aliphatic hydroxyl groups excluding tert-OH is 1. The first kappa shape index (κ1) is 7.02. The normalized spacial score (nSPS) is 54.8. The molecule has 5 nitrogen and oxygen atoms in total. The molecule has 0 aromatic heterocycles. The van der Waals surface area contributed by atoms with Crippen molar-refractivity contribution in [2.45, 2.75) is 31.0 Å². The zero-order chi connectivity index (χ0) is 8.22. The highest BCUT2D eigenvalue weighted by Crippen LogP contribution is 2.39. The number of hydrogen-bond acceptors (Lipinski definition) is 5. The smallest absolute Gasteiger partial charge is 0.346 e. The lowest BCUT2D eigenvalue weighted by atomic mass is 9.96. The number of rotatable bonds is 0. The van der Waals surface area contributed by atoms with E-state index in [0.29, 0.717) is 0 Å². The van der Waals surface area contributed by atoms with Crippen LogP contribution in [0.15, 0.2) is 0 Å². The van der Waals surface area contributed by atoms with E-state index in [1.807, 2.05) is 0 Å². The summed E-state index contributed by atoms with van der Waals surface area (Å²) in [6, 6.07) is 0. The predicted molar refractivity (Wildman–Crippen MR) is 31.4 cm³/mol. The number of aliphatic hydroxyl groups is 2. The van der Waals surface area contributed by atoms with Gasteiger partial charge in [0.2, 0.25) is 11.9 Å². The summed E-state index contributed by atoms with van der Waals surface area (Å²) < 4.78 is 9.39. The highest BCUT2D eigenvalue weighted by atomic mass is 16.8. The van der Waals surface area contributed by atoms with Gasteiger partial charge < -0.3 is 19.7 Å². The fourth-order valence-electron chi connectivity index (χ4n) is 1.41. The Kier molecular flexibility index (Phi) is 1.11. The Morgan fingerprint density at radius 2 is 2.27 bits per heavy atom. The van der Waals surface area contributed by atoms with Gasteiger partial charge in [-0.1, -0.05) is 0 Å². The fourth-order valence-corrected chi connectivity index (χ4v) is 1.41. The van der Waals surface area contributed by atoms with Crippen molar-refractivity contribution >= 4 is 5.97 Å². The Balaban J connectivity index is 2.41. The quantitative estimate of drug-likeness (QED) is 0.416. The minimum absolute atomic E-state index is 0.691. The van der Waals surface area contributed by atoms with Crippen LogP contribution in [-0.2, 0) is 14.3 Å². The minimum atomic E-state index is -1.84. The molecule has 2 rings (SSSR count). The summed E-state index contributed by atoms with van der Waals surface area (Å²) in [5, 5.41) is 18.7. The highest BCUT2D eigenvalue weighted by molar-refractivity contribution is 5.84. The lowest BCUT2D eigenvalue weighted by Gasteiger charge is -2.23. The van der Waals surface area contributed by atoms with Crippen molar-refractivity contribution in [3.05, 3.63) is 0 Å². The van der Waals surface area contributed by atoms with E-state index in [0.717, 1.165) is 0 Å². The van der Waals surface area contributed by atoms with E-state index in [9.17, 15) is 15.0 Å². The van der Waals surface area contributed by atoms with Crippen LogP contribution in [0, 0.1) is 0 Å².